The minimum atomic E-state index is 0.750. The summed E-state index contributed by atoms with van der Waals surface area (Å²) >= 11 is 6.35. The van der Waals surface area contributed by atoms with E-state index >= 15 is 0 Å². The number of fused-ring (bicyclic) bond motifs is 3. The van der Waals surface area contributed by atoms with Crippen molar-refractivity contribution in [2.75, 3.05) is 11.9 Å². The van der Waals surface area contributed by atoms with Crippen LogP contribution < -0.4 is 5.32 Å². The second-order valence-corrected chi connectivity index (χ2v) is 6.27. The van der Waals surface area contributed by atoms with Crippen LogP contribution in [0.4, 0.5) is 5.82 Å². The number of nitrogens with zero attached hydrogens (tertiary/aromatic N) is 2. The van der Waals surface area contributed by atoms with Gasteiger partial charge in [0.1, 0.15) is 17.2 Å². The molecule has 120 valence electrons. The molecule has 0 aliphatic heterocycles. The molecule has 0 amide bonds. The molecular weight excluding hydrogens is 318 g/mol. The molecule has 0 radical (unpaired) electrons. The summed E-state index contributed by atoms with van der Waals surface area (Å²) in [6.07, 6.45) is 2.04. The molecule has 0 saturated carbocycles. The summed E-state index contributed by atoms with van der Waals surface area (Å²) in [4.78, 5) is 4.97. The van der Waals surface area contributed by atoms with Gasteiger partial charge in [0.25, 0.3) is 0 Å². The Morgan fingerprint density at radius 3 is 2.67 bits per heavy atom. The van der Waals surface area contributed by atoms with Gasteiger partial charge in [-0.2, -0.15) is 0 Å². The van der Waals surface area contributed by atoms with Crippen LogP contribution in [-0.2, 0) is 0 Å². The number of hydrogen-bond donors (Lipinski definition) is 1. The van der Waals surface area contributed by atoms with Gasteiger partial charge in [0, 0.05) is 34.1 Å². The number of anilines is 1. The van der Waals surface area contributed by atoms with E-state index in [1.54, 1.807) is 0 Å². The molecule has 3 nitrogen and oxygen atoms in total. The monoisotopic (exact) mass is 335 g/mol. The summed E-state index contributed by atoms with van der Waals surface area (Å²) in [5, 5.41) is 6.31. The van der Waals surface area contributed by atoms with Crippen LogP contribution in [0.3, 0.4) is 0 Å². The summed E-state index contributed by atoms with van der Waals surface area (Å²) in [7, 11) is 0. The van der Waals surface area contributed by atoms with Crippen molar-refractivity contribution >= 4 is 33.8 Å². The van der Waals surface area contributed by atoms with Gasteiger partial charge in [-0.1, -0.05) is 48.0 Å². The van der Waals surface area contributed by atoms with Crippen molar-refractivity contribution in [3.8, 4) is 11.3 Å². The highest BCUT2D eigenvalue weighted by Crippen LogP contribution is 2.34. The molecule has 0 saturated heterocycles. The van der Waals surface area contributed by atoms with Gasteiger partial charge in [0.05, 0.1) is 0 Å². The molecular formula is C20H18ClN3. The second-order valence-electron chi connectivity index (χ2n) is 5.86. The molecule has 4 heteroatoms. The normalized spacial score (nSPS) is 11.3. The molecule has 0 unspecified atom stereocenters. The third-order valence-corrected chi connectivity index (χ3v) is 4.67. The maximum Gasteiger partial charge on any atom is 0.147 e. The molecule has 2 aromatic carbocycles. The van der Waals surface area contributed by atoms with Gasteiger partial charge in [-0.25, -0.2) is 4.98 Å². The lowest BCUT2D eigenvalue weighted by atomic mass is 10.1. The van der Waals surface area contributed by atoms with Crippen LogP contribution in [0.2, 0.25) is 5.02 Å². The zero-order valence-corrected chi connectivity index (χ0v) is 14.4. The predicted octanol–water partition coefficient (Wildman–Crippen LogP) is 5.55. The van der Waals surface area contributed by atoms with Crippen molar-refractivity contribution in [3.05, 3.63) is 65.3 Å². The lowest BCUT2D eigenvalue weighted by Gasteiger charge is -2.08. The number of imidazole rings is 1. The average Bonchev–Trinajstić information content (AvgIpc) is 2.95. The number of halogens is 1. The fourth-order valence-corrected chi connectivity index (χ4v) is 3.42. The zero-order valence-electron chi connectivity index (χ0n) is 13.7. The second kappa shape index (κ2) is 5.84. The quantitative estimate of drug-likeness (QED) is 0.532. The zero-order chi connectivity index (χ0) is 16.7. The van der Waals surface area contributed by atoms with E-state index < -0.39 is 0 Å². The highest BCUT2D eigenvalue weighted by Gasteiger charge is 2.17. The van der Waals surface area contributed by atoms with E-state index in [4.69, 9.17) is 16.6 Å². The molecule has 0 aliphatic carbocycles. The first-order chi connectivity index (χ1) is 11.7. The minimum Gasteiger partial charge on any atom is -0.370 e. The number of nitrogens with one attached hydrogen (secondary N) is 1. The molecule has 0 fully saturated rings. The fraction of sp³-hybridized carbons (Fsp3) is 0.150. The summed E-state index contributed by atoms with van der Waals surface area (Å²) in [5.74, 6) is 1.02. The van der Waals surface area contributed by atoms with E-state index in [0.717, 1.165) is 45.1 Å². The van der Waals surface area contributed by atoms with Crippen LogP contribution >= 0.6 is 11.6 Å². The molecule has 0 atom stereocenters. The molecule has 24 heavy (non-hydrogen) atoms. The van der Waals surface area contributed by atoms with Gasteiger partial charge in [-0.3, -0.25) is 4.40 Å². The van der Waals surface area contributed by atoms with Gasteiger partial charge >= 0.3 is 0 Å². The van der Waals surface area contributed by atoms with Gasteiger partial charge in [0.15, 0.2) is 0 Å². The van der Waals surface area contributed by atoms with E-state index in [1.165, 1.54) is 5.56 Å². The van der Waals surface area contributed by atoms with Crippen molar-refractivity contribution in [2.24, 2.45) is 0 Å². The number of hydrogen-bond acceptors (Lipinski definition) is 2. The Balaban J connectivity index is 2.10. The van der Waals surface area contributed by atoms with E-state index in [1.807, 2.05) is 18.3 Å². The Bertz CT molecular complexity index is 1050. The van der Waals surface area contributed by atoms with Crippen molar-refractivity contribution < 1.29 is 0 Å². The van der Waals surface area contributed by atoms with E-state index in [2.05, 4.69) is 60.0 Å². The number of rotatable bonds is 3. The first-order valence-electron chi connectivity index (χ1n) is 8.10. The van der Waals surface area contributed by atoms with Gasteiger partial charge in [-0.15, -0.1) is 0 Å². The average molecular weight is 336 g/mol. The highest BCUT2D eigenvalue weighted by molar-refractivity contribution is 6.36. The summed E-state index contributed by atoms with van der Waals surface area (Å²) in [6.45, 7) is 5.04. The van der Waals surface area contributed by atoms with Crippen LogP contribution in [0.25, 0.3) is 27.7 Å². The molecule has 2 heterocycles. The molecule has 4 rings (SSSR count). The molecule has 0 spiro atoms. The van der Waals surface area contributed by atoms with E-state index in [0.29, 0.717) is 0 Å². The van der Waals surface area contributed by atoms with Crippen molar-refractivity contribution in [1.29, 1.82) is 0 Å². The topological polar surface area (TPSA) is 29.3 Å². The highest BCUT2D eigenvalue weighted by atomic mass is 35.5. The maximum absolute atomic E-state index is 6.35. The first-order valence-corrected chi connectivity index (χ1v) is 8.47. The standard InChI is InChI=1S/C20H18ClN3/c1-3-22-20-18(14-8-5-4-7-13(14)2)23-19-16-9-6-10-17(21)15(16)11-12-24(19)20/h4-12,22H,3H2,1-2H3. The fourth-order valence-electron chi connectivity index (χ4n) is 3.18. The number of benzene rings is 2. The molecule has 2 aromatic heterocycles. The Morgan fingerprint density at radius 2 is 1.88 bits per heavy atom. The Kier molecular flexibility index (Phi) is 3.66. The Labute approximate surface area is 145 Å². The Morgan fingerprint density at radius 1 is 1.04 bits per heavy atom. The maximum atomic E-state index is 6.35. The first kappa shape index (κ1) is 15.0. The number of pyridine rings is 1. The van der Waals surface area contributed by atoms with Crippen molar-refractivity contribution in [1.82, 2.24) is 9.38 Å². The molecule has 0 bridgehead atoms. The minimum absolute atomic E-state index is 0.750. The van der Waals surface area contributed by atoms with Crippen LogP contribution in [-0.4, -0.2) is 15.9 Å². The van der Waals surface area contributed by atoms with Gasteiger partial charge < -0.3 is 5.32 Å². The lowest BCUT2D eigenvalue weighted by Crippen LogP contribution is -2.02. The summed E-state index contributed by atoms with van der Waals surface area (Å²) < 4.78 is 2.12. The van der Waals surface area contributed by atoms with Gasteiger partial charge in [0.2, 0.25) is 0 Å². The number of aryl methyl sites for hydroxylation is 1. The third-order valence-electron chi connectivity index (χ3n) is 4.34. The smallest absolute Gasteiger partial charge is 0.147 e. The summed E-state index contributed by atoms with van der Waals surface area (Å²) in [5.41, 5.74) is 4.25. The molecule has 4 aromatic rings. The Hall–Kier alpha value is -2.52. The van der Waals surface area contributed by atoms with Crippen LogP contribution in [0.1, 0.15) is 12.5 Å². The molecule has 0 aliphatic rings. The van der Waals surface area contributed by atoms with E-state index in [-0.39, 0.29) is 0 Å². The summed E-state index contributed by atoms with van der Waals surface area (Å²) in [6, 6.07) is 16.3. The largest absolute Gasteiger partial charge is 0.370 e. The van der Waals surface area contributed by atoms with Crippen molar-refractivity contribution in [3.63, 3.8) is 0 Å². The predicted molar refractivity (Wildman–Crippen MR) is 102 cm³/mol. The van der Waals surface area contributed by atoms with Crippen LogP contribution in [0.15, 0.2) is 54.7 Å². The number of aromatic nitrogens is 2. The van der Waals surface area contributed by atoms with Crippen molar-refractivity contribution in [2.45, 2.75) is 13.8 Å². The SMILES string of the molecule is CCNc1c(-c2ccccc2C)nc2c3cccc(Cl)c3ccn12. The van der Waals surface area contributed by atoms with Crippen LogP contribution in [0.5, 0.6) is 0 Å². The van der Waals surface area contributed by atoms with E-state index in [9.17, 15) is 0 Å². The lowest BCUT2D eigenvalue weighted by molar-refractivity contribution is 1.12. The van der Waals surface area contributed by atoms with Crippen LogP contribution in [0, 0.1) is 6.92 Å². The molecule has 1 N–H and O–H groups in total. The third kappa shape index (κ3) is 2.24. The van der Waals surface area contributed by atoms with Gasteiger partial charge in [-0.05, 0) is 31.5 Å².